The lowest BCUT2D eigenvalue weighted by atomic mass is 9.81. The molecule has 1 fully saturated rings. The molecule has 1 unspecified atom stereocenters. The summed E-state index contributed by atoms with van der Waals surface area (Å²) >= 11 is 0. The van der Waals surface area contributed by atoms with Gasteiger partial charge < -0.3 is 10.0 Å². The minimum atomic E-state index is -0.538. The summed E-state index contributed by atoms with van der Waals surface area (Å²) in [7, 11) is 0. The highest BCUT2D eigenvalue weighted by Crippen LogP contribution is 2.29. The van der Waals surface area contributed by atoms with E-state index in [1.807, 2.05) is 6.92 Å². The summed E-state index contributed by atoms with van der Waals surface area (Å²) in [5.74, 6) is 0.119. The fraction of sp³-hybridized carbons (Fsp3) is 0.562. The molecule has 0 aromatic heterocycles. The number of rotatable bonds is 4. The Morgan fingerprint density at radius 1 is 1.28 bits per heavy atom. The van der Waals surface area contributed by atoms with Crippen molar-refractivity contribution >= 4 is 0 Å². The molecule has 0 saturated carbocycles. The Balaban J connectivity index is 1.77. The number of nitrogens with zero attached hydrogens (tertiary/aromatic N) is 1. The molecule has 1 aliphatic heterocycles. The maximum absolute atomic E-state index is 10.4. The van der Waals surface area contributed by atoms with Crippen molar-refractivity contribution < 1.29 is 5.11 Å². The van der Waals surface area contributed by atoms with E-state index in [9.17, 15) is 5.11 Å². The maximum Gasteiger partial charge on any atom is 0.0697 e. The summed E-state index contributed by atoms with van der Waals surface area (Å²) < 4.78 is 0. The summed E-state index contributed by atoms with van der Waals surface area (Å²) in [4.78, 5) is 2.45. The number of hydrogen-bond donors (Lipinski definition) is 1. The third-order valence-corrected chi connectivity index (χ3v) is 4.20. The zero-order chi connectivity index (χ0) is 13.0. The first kappa shape index (κ1) is 13.6. The Kier molecular flexibility index (Phi) is 4.41. The van der Waals surface area contributed by atoms with Crippen LogP contribution in [0.5, 0.6) is 0 Å². The van der Waals surface area contributed by atoms with Crippen LogP contribution < -0.4 is 0 Å². The molecule has 1 aromatic carbocycles. The Labute approximate surface area is 111 Å². The molecule has 2 heteroatoms. The fourth-order valence-corrected chi connectivity index (χ4v) is 2.59. The van der Waals surface area contributed by atoms with Crippen LogP contribution in [0.15, 0.2) is 30.3 Å². The van der Waals surface area contributed by atoms with E-state index in [1.165, 1.54) is 5.56 Å². The number of likely N-dealkylation sites (tertiary alicyclic amines) is 1. The zero-order valence-electron chi connectivity index (χ0n) is 11.3. The quantitative estimate of drug-likeness (QED) is 0.882. The van der Waals surface area contributed by atoms with Crippen molar-refractivity contribution in [2.24, 2.45) is 5.92 Å². The summed E-state index contributed by atoms with van der Waals surface area (Å²) in [6, 6.07) is 10.6. The third kappa shape index (κ3) is 3.33. The van der Waals surface area contributed by atoms with Crippen LogP contribution in [-0.2, 0) is 6.42 Å². The van der Waals surface area contributed by atoms with E-state index in [2.05, 4.69) is 42.2 Å². The van der Waals surface area contributed by atoms with Crippen molar-refractivity contribution in [1.29, 1.82) is 0 Å². The van der Waals surface area contributed by atoms with Gasteiger partial charge in [-0.25, -0.2) is 0 Å². The van der Waals surface area contributed by atoms with E-state index in [1.54, 1.807) is 0 Å². The lowest BCUT2D eigenvalue weighted by molar-refractivity contribution is -0.0487. The molecule has 0 bridgehead atoms. The van der Waals surface area contributed by atoms with Crippen LogP contribution in [-0.4, -0.2) is 35.2 Å². The van der Waals surface area contributed by atoms with E-state index >= 15 is 0 Å². The van der Waals surface area contributed by atoms with Gasteiger partial charge in [0.05, 0.1) is 5.60 Å². The second-order valence-electron chi connectivity index (χ2n) is 5.58. The molecule has 0 aliphatic carbocycles. The van der Waals surface area contributed by atoms with Crippen molar-refractivity contribution in [2.45, 2.75) is 31.8 Å². The molecule has 1 radical (unpaired) electrons. The number of aliphatic hydroxyl groups is 1. The second kappa shape index (κ2) is 5.85. The molecule has 1 aromatic rings. The van der Waals surface area contributed by atoms with Gasteiger partial charge in [-0.05, 0) is 37.7 Å². The van der Waals surface area contributed by atoms with Crippen molar-refractivity contribution in [1.82, 2.24) is 4.90 Å². The average Bonchev–Trinajstić information content (AvgIpc) is 2.39. The van der Waals surface area contributed by atoms with E-state index in [4.69, 9.17) is 0 Å². The SMILES string of the molecule is [CH2]C(C)C1(O)CCN(CCc2ccccc2)CC1. The Morgan fingerprint density at radius 2 is 1.89 bits per heavy atom. The van der Waals surface area contributed by atoms with Gasteiger partial charge in [-0.15, -0.1) is 0 Å². The molecular formula is C16H24NO. The molecule has 1 aliphatic rings. The van der Waals surface area contributed by atoms with E-state index in [0.29, 0.717) is 0 Å². The molecule has 2 nitrogen and oxygen atoms in total. The van der Waals surface area contributed by atoms with Crippen LogP contribution in [0.25, 0.3) is 0 Å². The zero-order valence-corrected chi connectivity index (χ0v) is 11.3. The normalized spacial score (nSPS) is 20.2. The lowest BCUT2D eigenvalue weighted by Gasteiger charge is -2.40. The van der Waals surface area contributed by atoms with Crippen LogP contribution in [0.3, 0.4) is 0 Å². The largest absolute Gasteiger partial charge is 0.390 e. The van der Waals surface area contributed by atoms with Gasteiger partial charge in [-0.1, -0.05) is 37.3 Å². The average molecular weight is 246 g/mol. The standard InChI is InChI=1S/C16H24NO/c1-14(2)16(18)9-12-17(13-10-16)11-8-15-6-4-3-5-7-15/h3-7,14,18H,1,8-13H2,2H3. The molecule has 18 heavy (non-hydrogen) atoms. The minimum absolute atomic E-state index is 0.119. The van der Waals surface area contributed by atoms with Gasteiger partial charge >= 0.3 is 0 Å². The third-order valence-electron chi connectivity index (χ3n) is 4.20. The molecule has 99 valence electrons. The van der Waals surface area contributed by atoms with Gasteiger partial charge in [0.25, 0.3) is 0 Å². The van der Waals surface area contributed by atoms with Gasteiger partial charge in [0.15, 0.2) is 0 Å². The van der Waals surface area contributed by atoms with Gasteiger partial charge in [0, 0.05) is 19.6 Å². The van der Waals surface area contributed by atoms with Crippen LogP contribution in [0, 0.1) is 12.8 Å². The fourth-order valence-electron chi connectivity index (χ4n) is 2.59. The van der Waals surface area contributed by atoms with Crippen molar-refractivity contribution in [3.8, 4) is 0 Å². The van der Waals surface area contributed by atoms with Gasteiger partial charge in [0.1, 0.15) is 0 Å². The van der Waals surface area contributed by atoms with E-state index in [0.717, 1.165) is 38.9 Å². The minimum Gasteiger partial charge on any atom is -0.390 e. The van der Waals surface area contributed by atoms with Crippen LogP contribution in [0.2, 0.25) is 0 Å². The van der Waals surface area contributed by atoms with Crippen molar-refractivity contribution in [2.75, 3.05) is 19.6 Å². The number of piperidine rings is 1. The molecule has 1 saturated heterocycles. The first-order valence-electron chi connectivity index (χ1n) is 6.92. The molecule has 0 spiro atoms. The molecule has 1 N–H and O–H groups in total. The smallest absolute Gasteiger partial charge is 0.0697 e. The van der Waals surface area contributed by atoms with Gasteiger partial charge in [-0.2, -0.15) is 0 Å². The highest BCUT2D eigenvalue weighted by Gasteiger charge is 2.34. The number of benzene rings is 1. The summed E-state index contributed by atoms with van der Waals surface area (Å²) in [5, 5.41) is 10.4. The predicted molar refractivity (Wildman–Crippen MR) is 75.3 cm³/mol. The maximum atomic E-state index is 10.4. The van der Waals surface area contributed by atoms with Crippen molar-refractivity contribution in [3.05, 3.63) is 42.8 Å². The van der Waals surface area contributed by atoms with E-state index in [-0.39, 0.29) is 5.92 Å². The highest BCUT2D eigenvalue weighted by molar-refractivity contribution is 5.14. The van der Waals surface area contributed by atoms with E-state index < -0.39 is 5.60 Å². The van der Waals surface area contributed by atoms with Gasteiger partial charge in [-0.3, -0.25) is 0 Å². The first-order chi connectivity index (χ1) is 8.60. The molecule has 2 rings (SSSR count). The summed E-state index contributed by atoms with van der Waals surface area (Å²) in [6.45, 7) is 9.06. The Hall–Kier alpha value is -0.860. The lowest BCUT2D eigenvalue weighted by Crippen LogP contribution is -2.47. The molecular weight excluding hydrogens is 222 g/mol. The highest BCUT2D eigenvalue weighted by atomic mass is 16.3. The summed E-state index contributed by atoms with van der Waals surface area (Å²) in [5.41, 5.74) is 0.854. The molecule has 1 atom stereocenters. The Bertz CT molecular complexity index is 353. The van der Waals surface area contributed by atoms with Gasteiger partial charge in [0.2, 0.25) is 0 Å². The van der Waals surface area contributed by atoms with Crippen LogP contribution >= 0.6 is 0 Å². The van der Waals surface area contributed by atoms with Crippen molar-refractivity contribution in [3.63, 3.8) is 0 Å². The topological polar surface area (TPSA) is 23.5 Å². The Morgan fingerprint density at radius 3 is 2.44 bits per heavy atom. The predicted octanol–water partition coefficient (Wildman–Crippen LogP) is 2.53. The van der Waals surface area contributed by atoms with Crippen LogP contribution in [0.1, 0.15) is 25.3 Å². The molecule has 0 amide bonds. The molecule has 1 heterocycles. The second-order valence-corrected chi connectivity index (χ2v) is 5.58. The number of hydrogen-bond acceptors (Lipinski definition) is 2. The van der Waals surface area contributed by atoms with Crippen LogP contribution in [0.4, 0.5) is 0 Å². The monoisotopic (exact) mass is 246 g/mol. The summed E-state index contributed by atoms with van der Waals surface area (Å²) in [6.07, 6.45) is 2.80. The first-order valence-corrected chi connectivity index (χ1v) is 6.92.